The first-order chi connectivity index (χ1) is 8.04. The van der Waals surface area contributed by atoms with Crippen molar-refractivity contribution in [2.24, 2.45) is 16.7 Å². The molecule has 0 saturated heterocycles. The van der Waals surface area contributed by atoms with Crippen LogP contribution in [0.2, 0.25) is 0 Å². The van der Waals surface area contributed by atoms with E-state index >= 15 is 0 Å². The Kier molecular flexibility index (Phi) is 2.56. The average Bonchev–Trinajstić information content (AvgIpc) is 2.91. The lowest BCUT2D eigenvalue weighted by Gasteiger charge is -2.39. The van der Waals surface area contributed by atoms with Gasteiger partial charge in [0.05, 0.1) is 5.69 Å². The number of fused-ring (bicyclic) bond motifs is 2. The third-order valence-corrected chi connectivity index (χ3v) is 6.28. The molecule has 1 aromatic rings. The second-order valence-corrected chi connectivity index (χ2v) is 7.05. The smallest absolute Gasteiger partial charge is 0.0893 e. The van der Waals surface area contributed by atoms with E-state index in [1.54, 1.807) is 0 Å². The summed E-state index contributed by atoms with van der Waals surface area (Å²) in [6.45, 7) is 8.25. The van der Waals surface area contributed by atoms with E-state index in [1.807, 2.05) is 5.38 Å². The summed E-state index contributed by atoms with van der Waals surface area (Å²) in [5.41, 5.74) is 2.03. The molecule has 1 aromatic heterocycles. The first kappa shape index (κ1) is 11.6. The minimum absolute atomic E-state index is 0.459. The Balaban J connectivity index is 1.70. The number of rotatable bonds is 3. The molecule has 1 heterocycles. The van der Waals surface area contributed by atoms with E-state index in [4.69, 9.17) is 0 Å². The van der Waals surface area contributed by atoms with Gasteiger partial charge in [-0.3, -0.25) is 0 Å². The fourth-order valence-electron chi connectivity index (χ4n) is 4.00. The van der Waals surface area contributed by atoms with E-state index in [0.717, 1.165) is 18.2 Å². The number of nitrogens with zero attached hydrogens (tertiary/aromatic N) is 2. The van der Waals surface area contributed by atoms with Gasteiger partial charge in [-0.2, -0.15) is 0 Å². The highest BCUT2D eigenvalue weighted by Crippen LogP contribution is 2.65. The monoisotopic (exact) mass is 251 g/mol. The van der Waals surface area contributed by atoms with Gasteiger partial charge in [0.15, 0.2) is 0 Å². The van der Waals surface area contributed by atoms with Crippen LogP contribution in [-0.2, 0) is 6.54 Å². The lowest BCUT2D eigenvalue weighted by molar-refractivity contribution is 0.120. The Labute approximate surface area is 107 Å². The van der Waals surface area contributed by atoms with Crippen LogP contribution in [-0.4, -0.2) is 15.6 Å². The predicted molar refractivity (Wildman–Crippen MR) is 69.8 cm³/mol. The maximum absolute atomic E-state index is 4.10. The van der Waals surface area contributed by atoms with Gasteiger partial charge in [-0.25, -0.2) is 0 Å². The van der Waals surface area contributed by atoms with E-state index in [0.29, 0.717) is 16.9 Å². The van der Waals surface area contributed by atoms with Gasteiger partial charge in [-0.05, 0) is 47.5 Å². The highest BCUT2D eigenvalue weighted by atomic mass is 32.1. The van der Waals surface area contributed by atoms with Crippen molar-refractivity contribution >= 4 is 11.5 Å². The van der Waals surface area contributed by atoms with Crippen molar-refractivity contribution in [3.05, 3.63) is 11.1 Å². The molecule has 3 atom stereocenters. The van der Waals surface area contributed by atoms with E-state index < -0.39 is 0 Å². The SMILES string of the molecule is CC1(C)C2CCC1(C)C(NCc1csnn1)C2. The minimum atomic E-state index is 0.459. The summed E-state index contributed by atoms with van der Waals surface area (Å²) < 4.78 is 3.91. The molecule has 2 fully saturated rings. The zero-order chi connectivity index (χ0) is 12.1. The zero-order valence-corrected chi connectivity index (χ0v) is 11.7. The fourth-order valence-corrected chi connectivity index (χ4v) is 4.45. The van der Waals surface area contributed by atoms with Crippen molar-refractivity contribution in [3.63, 3.8) is 0 Å². The summed E-state index contributed by atoms with van der Waals surface area (Å²) in [4.78, 5) is 0. The molecule has 0 aromatic carbocycles. The van der Waals surface area contributed by atoms with Crippen molar-refractivity contribution in [1.82, 2.24) is 14.9 Å². The van der Waals surface area contributed by atoms with Crippen molar-refractivity contribution < 1.29 is 0 Å². The molecule has 0 spiro atoms. The predicted octanol–water partition coefficient (Wildman–Crippen LogP) is 2.84. The molecule has 94 valence electrons. The molecule has 2 bridgehead atoms. The summed E-state index contributed by atoms with van der Waals surface area (Å²) in [6, 6.07) is 0.651. The van der Waals surface area contributed by atoms with Crippen LogP contribution in [0.3, 0.4) is 0 Å². The van der Waals surface area contributed by atoms with E-state index in [-0.39, 0.29) is 0 Å². The van der Waals surface area contributed by atoms with Crippen molar-refractivity contribution in [2.45, 2.75) is 52.6 Å². The molecule has 3 rings (SSSR count). The molecule has 3 nitrogen and oxygen atoms in total. The number of hydrogen-bond acceptors (Lipinski definition) is 4. The zero-order valence-electron chi connectivity index (χ0n) is 10.9. The van der Waals surface area contributed by atoms with Crippen LogP contribution < -0.4 is 5.32 Å². The maximum Gasteiger partial charge on any atom is 0.0893 e. The van der Waals surface area contributed by atoms with Crippen LogP contribution in [0.5, 0.6) is 0 Å². The first-order valence-electron chi connectivity index (χ1n) is 6.53. The molecular weight excluding hydrogens is 230 g/mol. The van der Waals surface area contributed by atoms with Crippen LogP contribution >= 0.6 is 11.5 Å². The van der Waals surface area contributed by atoms with Gasteiger partial charge in [-0.1, -0.05) is 25.3 Å². The van der Waals surface area contributed by atoms with Gasteiger partial charge in [0, 0.05) is 18.0 Å². The van der Waals surface area contributed by atoms with E-state index in [9.17, 15) is 0 Å². The minimum Gasteiger partial charge on any atom is -0.308 e. The largest absolute Gasteiger partial charge is 0.308 e. The summed E-state index contributed by atoms with van der Waals surface area (Å²) in [5.74, 6) is 0.901. The molecule has 0 aliphatic heterocycles. The van der Waals surface area contributed by atoms with Gasteiger partial charge >= 0.3 is 0 Å². The quantitative estimate of drug-likeness (QED) is 0.897. The number of hydrogen-bond donors (Lipinski definition) is 1. The molecule has 2 aliphatic rings. The third-order valence-electron chi connectivity index (χ3n) is 5.73. The van der Waals surface area contributed by atoms with Gasteiger partial charge in [0.2, 0.25) is 0 Å². The lowest BCUT2D eigenvalue weighted by atomic mass is 9.69. The van der Waals surface area contributed by atoms with Crippen molar-refractivity contribution in [2.75, 3.05) is 0 Å². The standard InChI is InChI=1S/C13H21N3S/c1-12(2)9-4-5-13(12,3)11(6-9)14-7-10-8-17-16-15-10/h8-9,11,14H,4-7H2,1-3H3. The van der Waals surface area contributed by atoms with Crippen molar-refractivity contribution in [1.29, 1.82) is 0 Å². The van der Waals surface area contributed by atoms with Crippen LogP contribution in [0.25, 0.3) is 0 Å². The summed E-state index contributed by atoms with van der Waals surface area (Å²) >= 11 is 1.44. The highest BCUT2D eigenvalue weighted by Gasteiger charge is 2.60. The molecule has 17 heavy (non-hydrogen) atoms. The van der Waals surface area contributed by atoms with Crippen LogP contribution in [0.15, 0.2) is 5.38 Å². The van der Waals surface area contributed by atoms with Gasteiger partial charge in [0.1, 0.15) is 0 Å². The van der Waals surface area contributed by atoms with Crippen LogP contribution in [0.4, 0.5) is 0 Å². The highest BCUT2D eigenvalue weighted by molar-refractivity contribution is 7.03. The molecular formula is C13H21N3S. The fraction of sp³-hybridized carbons (Fsp3) is 0.846. The number of nitrogens with one attached hydrogen (secondary N) is 1. The second kappa shape index (κ2) is 3.75. The molecule has 1 N–H and O–H groups in total. The number of aromatic nitrogens is 2. The Bertz CT molecular complexity index is 401. The topological polar surface area (TPSA) is 37.8 Å². The Morgan fingerprint density at radius 1 is 1.47 bits per heavy atom. The Morgan fingerprint density at radius 2 is 2.29 bits per heavy atom. The van der Waals surface area contributed by atoms with Gasteiger partial charge in [-0.15, -0.1) is 5.10 Å². The third kappa shape index (κ3) is 1.57. The molecule has 3 unspecified atom stereocenters. The molecule has 0 radical (unpaired) electrons. The maximum atomic E-state index is 4.10. The molecule has 2 saturated carbocycles. The normalized spacial score (nSPS) is 38.8. The van der Waals surface area contributed by atoms with E-state index in [2.05, 4.69) is 35.7 Å². The Morgan fingerprint density at radius 3 is 2.82 bits per heavy atom. The summed E-state index contributed by atoms with van der Waals surface area (Å²) in [5, 5.41) is 9.86. The van der Waals surface area contributed by atoms with Crippen LogP contribution in [0.1, 0.15) is 45.7 Å². The van der Waals surface area contributed by atoms with Gasteiger partial charge < -0.3 is 5.32 Å². The molecule has 2 aliphatic carbocycles. The summed E-state index contributed by atoms with van der Waals surface area (Å²) in [7, 11) is 0. The van der Waals surface area contributed by atoms with E-state index in [1.165, 1.54) is 30.8 Å². The summed E-state index contributed by atoms with van der Waals surface area (Å²) in [6.07, 6.45) is 4.12. The van der Waals surface area contributed by atoms with Gasteiger partial charge in [0.25, 0.3) is 0 Å². The Hall–Kier alpha value is -0.480. The molecule has 4 heteroatoms. The molecule has 0 amide bonds. The lowest BCUT2D eigenvalue weighted by Crippen LogP contribution is -2.44. The second-order valence-electron chi connectivity index (χ2n) is 6.44. The average molecular weight is 251 g/mol. The van der Waals surface area contributed by atoms with Crippen molar-refractivity contribution in [3.8, 4) is 0 Å². The first-order valence-corrected chi connectivity index (χ1v) is 7.37. The van der Waals surface area contributed by atoms with Crippen LogP contribution in [0, 0.1) is 16.7 Å².